The number of rotatable bonds is 4. The summed E-state index contributed by atoms with van der Waals surface area (Å²) in [4.78, 5) is 23.3. The average molecular weight is 280 g/mol. The zero-order valence-corrected chi connectivity index (χ0v) is 10.6. The highest BCUT2D eigenvalue weighted by molar-refractivity contribution is 7.15. The second-order valence-corrected chi connectivity index (χ2v) is 5.41. The fourth-order valence-electron chi connectivity index (χ4n) is 1.34. The fourth-order valence-corrected chi connectivity index (χ4v) is 2.87. The molecule has 2 rings (SSSR count). The maximum atomic E-state index is 10.9. The third-order valence-corrected chi connectivity index (χ3v) is 4.08. The molecule has 0 bridgehead atoms. The second-order valence-electron chi connectivity index (χ2n) is 3.34. The van der Waals surface area contributed by atoms with Gasteiger partial charge in [0.15, 0.2) is 0 Å². The third kappa shape index (κ3) is 2.66. The number of hydrogen-bond donors (Lipinski definition) is 2. The van der Waals surface area contributed by atoms with Crippen molar-refractivity contribution in [1.29, 1.82) is 0 Å². The summed E-state index contributed by atoms with van der Waals surface area (Å²) in [6.45, 7) is 0. The molecule has 92 valence electrons. The molecule has 2 N–H and O–H groups in total. The first kappa shape index (κ1) is 12.5. The fraction of sp³-hybridized carbons (Fsp3) is 0. The largest absolute Gasteiger partial charge is 0.478 e. The Morgan fingerprint density at radius 2 is 1.83 bits per heavy atom. The number of aromatic carboxylic acids is 2. The minimum Gasteiger partial charge on any atom is -0.478 e. The van der Waals surface area contributed by atoms with Crippen LogP contribution in [0.2, 0.25) is 0 Å². The van der Waals surface area contributed by atoms with Crippen molar-refractivity contribution in [2.75, 3.05) is 0 Å². The van der Waals surface area contributed by atoms with Crippen LogP contribution in [0.3, 0.4) is 0 Å². The molecule has 0 atom stereocenters. The monoisotopic (exact) mass is 280 g/mol. The van der Waals surface area contributed by atoms with Crippen molar-refractivity contribution in [3.05, 3.63) is 43.8 Å². The van der Waals surface area contributed by atoms with Crippen molar-refractivity contribution >= 4 is 46.8 Å². The molecule has 0 aliphatic rings. The van der Waals surface area contributed by atoms with Crippen LogP contribution in [-0.2, 0) is 0 Å². The summed E-state index contributed by atoms with van der Waals surface area (Å²) in [5.74, 6) is -1.92. The Bertz CT molecular complexity index is 622. The first-order valence-electron chi connectivity index (χ1n) is 4.90. The highest BCUT2D eigenvalue weighted by Gasteiger charge is 2.09. The van der Waals surface area contributed by atoms with E-state index in [4.69, 9.17) is 10.2 Å². The van der Waals surface area contributed by atoms with Gasteiger partial charge < -0.3 is 10.2 Å². The van der Waals surface area contributed by atoms with Gasteiger partial charge in [0, 0.05) is 9.75 Å². The smallest absolute Gasteiger partial charge is 0.345 e. The van der Waals surface area contributed by atoms with Gasteiger partial charge in [0.05, 0.1) is 5.56 Å². The molecule has 0 radical (unpaired) electrons. The summed E-state index contributed by atoms with van der Waals surface area (Å²) in [5.41, 5.74) is 0.256. The van der Waals surface area contributed by atoms with Crippen molar-refractivity contribution in [1.82, 2.24) is 0 Å². The van der Waals surface area contributed by atoms with Crippen LogP contribution in [0.1, 0.15) is 29.8 Å². The van der Waals surface area contributed by atoms with E-state index < -0.39 is 11.9 Å². The van der Waals surface area contributed by atoms with Gasteiger partial charge in [-0.25, -0.2) is 9.59 Å². The van der Waals surface area contributed by atoms with E-state index in [0.29, 0.717) is 4.88 Å². The van der Waals surface area contributed by atoms with E-state index in [9.17, 15) is 9.59 Å². The summed E-state index contributed by atoms with van der Waals surface area (Å²) in [5, 5.41) is 19.4. The van der Waals surface area contributed by atoms with Gasteiger partial charge in [-0.05, 0) is 35.7 Å². The lowest BCUT2D eigenvalue weighted by atomic mass is 10.2. The van der Waals surface area contributed by atoms with E-state index in [2.05, 4.69) is 0 Å². The lowest BCUT2D eigenvalue weighted by Crippen LogP contribution is -1.94. The Balaban J connectivity index is 2.22. The predicted molar refractivity (Wildman–Crippen MR) is 71.5 cm³/mol. The molecule has 18 heavy (non-hydrogen) atoms. The van der Waals surface area contributed by atoms with Gasteiger partial charge in [-0.15, -0.1) is 22.7 Å². The van der Waals surface area contributed by atoms with Crippen LogP contribution < -0.4 is 0 Å². The van der Waals surface area contributed by atoms with E-state index in [1.54, 1.807) is 29.7 Å². The summed E-state index contributed by atoms with van der Waals surface area (Å²) in [6.07, 6.45) is 3.40. The van der Waals surface area contributed by atoms with Crippen molar-refractivity contribution in [3.63, 3.8) is 0 Å². The molecular formula is C12H8O4S2. The molecule has 0 unspecified atom stereocenters. The molecular weight excluding hydrogens is 272 g/mol. The molecule has 0 saturated heterocycles. The van der Waals surface area contributed by atoms with Gasteiger partial charge in [-0.3, -0.25) is 0 Å². The summed E-state index contributed by atoms with van der Waals surface area (Å²) in [7, 11) is 0. The lowest BCUT2D eigenvalue weighted by molar-refractivity contribution is 0.0688. The molecule has 0 aliphatic carbocycles. The lowest BCUT2D eigenvalue weighted by Gasteiger charge is -1.91. The summed E-state index contributed by atoms with van der Waals surface area (Å²) in [6, 6.07) is 4.77. The maximum Gasteiger partial charge on any atom is 0.345 e. The van der Waals surface area contributed by atoms with Crippen LogP contribution in [-0.4, -0.2) is 22.2 Å². The van der Waals surface area contributed by atoms with Gasteiger partial charge in [-0.1, -0.05) is 0 Å². The quantitative estimate of drug-likeness (QED) is 0.900. The van der Waals surface area contributed by atoms with Gasteiger partial charge in [0.25, 0.3) is 0 Å². The second kappa shape index (κ2) is 5.16. The Morgan fingerprint density at radius 1 is 1.06 bits per heavy atom. The van der Waals surface area contributed by atoms with Gasteiger partial charge in [0.2, 0.25) is 0 Å². The number of hydrogen-bond acceptors (Lipinski definition) is 4. The van der Waals surface area contributed by atoms with Crippen molar-refractivity contribution in [2.24, 2.45) is 0 Å². The molecule has 0 aromatic carbocycles. The molecule has 4 nitrogen and oxygen atoms in total. The molecule has 0 fully saturated rings. The molecule has 0 spiro atoms. The first-order chi connectivity index (χ1) is 8.58. The Hall–Kier alpha value is -1.92. The van der Waals surface area contributed by atoms with Gasteiger partial charge >= 0.3 is 11.9 Å². The first-order valence-corrected chi connectivity index (χ1v) is 6.59. The zero-order chi connectivity index (χ0) is 13.1. The molecule has 0 amide bonds. The highest BCUT2D eigenvalue weighted by atomic mass is 32.1. The molecule has 0 saturated carbocycles. The van der Waals surface area contributed by atoms with Crippen LogP contribution in [0, 0.1) is 0 Å². The topological polar surface area (TPSA) is 74.6 Å². The van der Waals surface area contributed by atoms with Crippen LogP contribution in [0.25, 0.3) is 12.2 Å². The van der Waals surface area contributed by atoms with E-state index in [0.717, 1.165) is 16.2 Å². The molecule has 0 aliphatic heterocycles. The zero-order valence-electron chi connectivity index (χ0n) is 8.99. The number of carboxylic acids is 2. The van der Waals surface area contributed by atoms with Gasteiger partial charge in [-0.2, -0.15) is 0 Å². The molecule has 2 aromatic heterocycles. The average Bonchev–Trinajstić information content (AvgIpc) is 2.95. The maximum absolute atomic E-state index is 10.9. The Labute approximate surface area is 110 Å². The number of thiophene rings is 2. The minimum absolute atomic E-state index is 0.256. The van der Waals surface area contributed by atoms with E-state index >= 15 is 0 Å². The third-order valence-electron chi connectivity index (χ3n) is 2.16. The summed E-state index contributed by atoms with van der Waals surface area (Å²) < 4.78 is 0. The van der Waals surface area contributed by atoms with E-state index in [-0.39, 0.29) is 10.4 Å². The highest BCUT2D eigenvalue weighted by Crippen LogP contribution is 2.23. The minimum atomic E-state index is -0.965. The number of carboxylic acid groups (broad SMARTS) is 2. The van der Waals surface area contributed by atoms with Crippen LogP contribution >= 0.6 is 22.7 Å². The van der Waals surface area contributed by atoms with Gasteiger partial charge in [0.1, 0.15) is 4.88 Å². The van der Waals surface area contributed by atoms with E-state index in [1.807, 2.05) is 0 Å². The van der Waals surface area contributed by atoms with Crippen LogP contribution in [0.15, 0.2) is 23.6 Å². The Kier molecular flexibility index (Phi) is 3.59. The normalized spacial score (nSPS) is 10.9. The SMILES string of the molecule is O=C(O)c1ccc(C=Cc2sccc2C(=O)O)s1. The summed E-state index contributed by atoms with van der Waals surface area (Å²) >= 11 is 2.48. The van der Waals surface area contributed by atoms with Crippen molar-refractivity contribution < 1.29 is 19.8 Å². The number of carbonyl (C=O) groups is 2. The molecule has 2 heterocycles. The van der Waals surface area contributed by atoms with Crippen LogP contribution in [0.5, 0.6) is 0 Å². The predicted octanol–water partition coefficient (Wildman–Crippen LogP) is 3.38. The molecule has 6 heteroatoms. The molecule has 2 aromatic rings. The standard InChI is InChI=1S/C12H8O4S2/c13-11(14)8-5-6-17-9(8)3-1-7-2-4-10(18-7)12(15)16/h1-6H,(H,13,14)(H,15,16). The Morgan fingerprint density at radius 3 is 2.44 bits per heavy atom. The van der Waals surface area contributed by atoms with Crippen LogP contribution in [0.4, 0.5) is 0 Å². The van der Waals surface area contributed by atoms with Crippen molar-refractivity contribution in [2.45, 2.75) is 0 Å². The van der Waals surface area contributed by atoms with E-state index in [1.165, 1.54) is 17.4 Å². The van der Waals surface area contributed by atoms with Crippen molar-refractivity contribution in [3.8, 4) is 0 Å².